The maximum Gasteiger partial charge on any atom is 0.342 e. The van der Waals surface area contributed by atoms with E-state index in [2.05, 4.69) is 20.9 Å². The Hall–Kier alpha value is -1.87. The molecule has 130 valence electrons. The zero-order chi connectivity index (χ0) is 17.7. The van der Waals surface area contributed by atoms with Gasteiger partial charge >= 0.3 is 5.82 Å². The molecule has 0 aliphatic heterocycles. The summed E-state index contributed by atoms with van der Waals surface area (Å²) >= 11 is 3.34. The van der Waals surface area contributed by atoms with Gasteiger partial charge < -0.3 is 10.1 Å². The van der Waals surface area contributed by atoms with Crippen LogP contribution in [0.3, 0.4) is 0 Å². The predicted octanol–water partition coefficient (Wildman–Crippen LogP) is 3.28. The number of halogens is 3. The quantitative estimate of drug-likeness (QED) is 0.386. The second-order valence-electron chi connectivity index (χ2n) is 5.27. The Morgan fingerprint density at radius 3 is 2.75 bits per heavy atom. The van der Waals surface area contributed by atoms with Gasteiger partial charge in [0.1, 0.15) is 24.4 Å². The molecular weight excluding hydrogens is 386 g/mol. The van der Waals surface area contributed by atoms with E-state index in [-0.39, 0.29) is 5.82 Å². The molecule has 0 bridgehead atoms. The third kappa shape index (κ3) is 4.57. The Labute approximate surface area is 146 Å². The first-order valence-electron chi connectivity index (χ1n) is 7.31. The Bertz CT molecular complexity index is 723. The highest BCUT2D eigenvalue weighted by atomic mass is 79.9. The third-order valence-electron chi connectivity index (χ3n) is 3.67. The molecule has 0 radical (unpaired) electrons. The van der Waals surface area contributed by atoms with Gasteiger partial charge in [-0.05, 0) is 11.0 Å². The number of imidazole rings is 1. The number of rotatable bonds is 8. The molecule has 0 aliphatic rings. The van der Waals surface area contributed by atoms with Crippen LogP contribution in [-0.4, -0.2) is 37.8 Å². The molecule has 0 saturated carbocycles. The topological polar surface area (TPSA) is 64.2 Å². The van der Waals surface area contributed by atoms with Crippen LogP contribution >= 0.6 is 15.9 Å². The first kappa shape index (κ1) is 18.5. The van der Waals surface area contributed by atoms with Gasteiger partial charge in [0, 0.05) is 43.5 Å². The van der Waals surface area contributed by atoms with E-state index in [0.29, 0.717) is 42.9 Å². The molecule has 0 fully saturated rings. The molecule has 0 unspecified atom stereocenters. The zero-order valence-electron chi connectivity index (χ0n) is 13.1. The highest BCUT2D eigenvalue weighted by Gasteiger charge is 2.18. The molecule has 0 atom stereocenters. The normalized spacial score (nSPS) is 11.2. The second kappa shape index (κ2) is 8.29. The smallest absolute Gasteiger partial charge is 0.342 e. The van der Waals surface area contributed by atoms with E-state index in [1.54, 1.807) is 6.92 Å². The molecule has 2 rings (SSSR count). The molecule has 9 heteroatoms. The molecule has 6 nitrogen and oxygen atoms in total. The van der Waals surface area contributed by atoms with Gasteiger partial charge in [-0.25, -0.2) is 18.3 Å². The standard InChI is InChI=1S/C15H17BrF2N4O2/c1-11-19-9-15(22(23)24)21(11)7-6-20(5-4-16)10-12-2-3-13(17)8-14(12)18/h2-3,8-9H,4-7,10H2,1H3. The van der Waals surface area contributed by atoms with Crippen molar-refractivity contribution < 1.29 is 13.7 Å². The molecule has 1 heterocycles. The van der Waals surface area contributed by atoms with E-state index in [0.717, 1.165) is 6.07 Å². The van der Waals surface area contributed by atoms with E-state index in [4.69, 9.17) is 0 Å². The lowest BCUT2D eigenvalue weighted by Gasteiger charge is -2.21. The summed E-state index contributed by atoms with van der Waals surface area (Å²) in [4.78, 5) is 16.4. The van der Waals surface area contributed by atoms with Gasteiger partial charge in [-0.2, -0.15) is 0 Å². The lowest BCUT2D eigenvalue weighted by atomic mass is 10.2. The largest absolute Gasteiger partial charge is 0.358 e. The maximum absolute atomic E-state index is 13.8. The van der Waals surface area contributed by atoms with E-state index >= 15 is 0 Å². The molecular formula is C15H17BrF2N4O2. The molecule has 2 aromatic rings. The minimum absolute atomic E-state index is 0.0701. The fraction of sp³-hybridized carbons (Fsp3) is 0.400. The van der Waals surface area contributed by atoms with E-state index in [9.17, 15) is 18.9 Å². The zero-order valence-corrected chi connectivity index (χ0v) is 14.7. The minimum atomic E-state index is -0.618. The molecule has 24 heavy (non-hydrogen) atoms. The van der Waals surface area contributed by atoms with Crippen LogP contribution in [0, 0.1) is 28.7 Å². The van der Waals surface area contributed by atoms with Crippen LogP contribution in [0.15, 0.2) is 24.4 Å². The van der Waals surface area contributed by atoms with Crippen LogP contribution in [-0.2, 0) is 13.1 Å². The van der Waals surface area contributed by atoms with Crippen LogP contribution in [0.1, 0.15) is 11.4 Å². The van der Waals surface area contributed by atoms with Crippen LogP contribution in [0.4, 0.5) is 14.6 Å². The maximum atomic E-state index is 13.8. The molecule has 0 amide bonds. The minimum Gasteiger partial charge on any atom is -0.358 e. The van der Waals surface area contributed by atoms with Crippen molar-refractivity contribution in [1.29, 1.82) is 0 Å². The van der Waals surface area contributed by atoms with Crippen molar-refractivity contribution in [2.75, 3.05) is 18.4 Å². The van der Waals surface area contributed by atoms with Crippen LogP contribution in [0.5, 0.6) is 0 Å². The number of aryl methyl sites for hydroxylation is 1. The van der Waals surface area contributed by atoms with Crippen molar-refractivity contribution in [3.63, 3.8) is 0 Å². The summed E-state index contributed by atoms with van der Waals surface area (Å²) in [6, 6.07) is 3.49. The van der Waals surface area contributed by atoms with Gasteiger partial charge in [0.2, 0.25) is 0 Å². The average Bonchev–Trinajstić information content (AvgIpc) is 2.89. The van der Waals surface area contributed by atoms with Crippen molar-refractivity contribution >= 4 is 21.7 Å². The average molecular weight is 403 g/mol. The second-order valence-corrected chi connectivity index (χ2v) is 6.07. The van der Waals surface area contributed by atoms with Crippen molar-refractivity contribution in [2.45, 2.75) is 20.0 Å². The Morgan fingerprint density at radius 2 is 2.12 bits per heavy atom. The van der Waals surface area contributed by atoms with Gasteiger partial charge in [-0.15, -0.1) is 0 Å². The first-order chi connectivity index (χ1) is 11.4. The highest BCUT2D eigenvalue weighted by molar-refractivity contribution is 9.09. The number of alkyl halides is 1. The summed E-state index contributed by atoms with van der Waals surface area (Å²) < 4.78 is 28.3. The van der Waals surface area contributed by atoms with Gasteiger partial charge in [-0.3, -0.25) is 4.90 Å². The Kier molecular flexibility index (Phi) is 6.38. The summed E-state index contributed by atoms with van der Waals surface area (Å²) in [6.45, 7) is 3.44. The summed E-state index contributed by atoms with van der Waals surface area (Å²) in [5.41, 5.74) is 0.384. The van der Waals surface area contributed by atoms with Crippen molar-refractivity contribution in [2.24, 2.45) is 0 Å². The predicted molar refractivity (Wildman–Crippen MR) is 89.0 cm³/mol. The summed E-state index contributed by atoms with van der Waals surface area (Å²) in [5.74, 6) is -0.736. The third-order valence-corrected chi connectivity index (χ3v) is 4.03. The number of aromatic nitrogens is 2. The van der Waals surface area contributed by atoms with E-state index in [1.807, 2.05) is 4.90 Å². The van der Waals surface area contributed by atoms with Crippen molar-refractivity contribution in [3.8, 4) is 0 Å². The SMILES string of the molecule is Cc1ncc([N+](=O)[O-])n1CCN(CCBr)Cc1ccc(F)cc1F. The van der Waals surface area contributed by atoms with Crippen LogP contribution < -0.4 is 0 Å². The number of benzene rings is 1. The summed E-state index contributed by atoms with van der Waals surface area (Å²) in [7, 11) is 0. The molecule has 0 N–H and O–H groups in total. The Balaban J connectivity index is 2.09. The van der Waals surface area contributed by atoms with E-state index < -0.39 is 16.6 Å². The highest BCUT2D eigenvalue weighted by Crippen LogP contribution is 2.15. The van der Waals surface area contributed by atoms with Gasteiger partial charge in [0.25, 0.3) is 0 Å². The van der Waals surface area contributed by atoms with Crippen molar-refractivity contribution in [1.82, 2.24) is 14.5 Å². The molecule has 0 spiro atoms. The van der Waals surface area contributed by atoms with Crippen LogP contribution in [0.25, 0.3) is 0 Å². The number of hydrogen-bond donors (Lipinski definition) is 0. The van der Waals surface area contributed by atoms with Gasteiger partial charge in [0.05, 0.1) is 0 Å². The van der Waals surface area contributed by atoms with Gasteiger partial charge in [-0.1, -0.05) is 22.0 Å². The summed E-state index contributed by atoms with van der Waals surface area (Å²) in [6.07, 6.45) is 1.23. The lowest BCUT2D eigenvalue weighted by Crippen LogP contribution is -2.30. The monoisotopic (exact) mass is 402 g/mol. The van der Waals surface area contributed by atoms with Crippen LogP contribution in [0.2, 0.25) is 0 Å². The molecule has 1 aromatic carbocycles. The fourth-order valence-corrected chi connectivity index (χ4v) is 2.90. The molecule has 0 aliphatic carbocycles. The summed E-state index contributed by atoms with van der Waals surface area (Å²) in [5, 5.41) is 11.7. The van der Waals surface area contributed by atoms with E-state index in [1.165, 1.54) is 22.9 Å². The van der Waals surface area contributed by atoms with Gasteiger partial charge in [0.15, 0.2) is 5.82 Å². The number of nitrogens with zero attached hydrogens (tertiary/aromatic N) is 4. The molecule has 1 aromatic heterocycles. The molecule has 0 saturated heterocycles. The number of nitro groups is 1. The Morgan fingerprint density at radius 1 is 1.38 bits per heavy atom. The van der Waals surface area contributed by atoms with Crippen molar-refractivity contribution in [3.05, 3.63) is 57.5 Å². The first-order valence-corrected chi connectivity index (χ1v) is 8.43. The fourth-order valence-electron chi connectivity index (χ4n) is 2.40. The lowest BCUT2D eigenvalue weighted by molar-refractivity contribution is -0.392. The number of hydrogen-bond acceptors (Lipinski definition) is 4.